The zero-order valence-corrected chi connectivity index (χ0v) is 9.32. The molecular weight excluding hydrogens is 230 g/mol. The van der Waals surface area contributed by atoms with Crippen molar-refractivity contribution in [2.24, 2.45) is 0 Å². The predicted molar refractivity (Wildman–Crippen MR) is 65.8 cm³/mol. The number of carboxylic acid groups (broad SMARTS) is 1. The molecule has 0 atom stereocenters. The van der Waals surface area contributed by atoms with Gasteiger partial charge in [-0.05, 0) is 36.4 Å². The summed E-state index contributed by atoms with van der Waals surface area (Å²) in [6.45, 7) is 0. The topological polar surface area (TPSA) is 68.0 Å². The zero-order valence-electron chi connectivity index (χ0n) is 9.32. The number of fused-ring (bicyclic) bond motifs is 1. The molecule has 1 N–H and O–H groups in total. The van der Waals surface area contributed by atoms with Crippen LogP contribution in [-0.2, 0) is 0 Å². The molecule has 3 rings (SSSR count). The van der Waals surface area contributed by atoms with Gasteiger partial charge in [-0.3, -0.25) is 0 Å². The van der Waals surface area contributed by atoms with Crippen molar-refractivity contribution in [3.05, 3.63) is 54.1 Å². The van der Waals surface area contributed by atoms with E-state index in [0.29, 0.717) is 0 Å². The highest BCUT2D eigenvalue weighted by atomic mass is 16.4. The second-order valence-corrected chi connectivity index (χ2v) is 3.83. The Labute approximate surface area is 102 Å². The SMILES string of the molecule is O=C(O)c1ccc(-n2nc3ccccc3n2)cc1. The molecule has 18 heavy (non-hydrogen) atoms. The van der Waals surface area contributed by atoms with E-state index in [-0.39, 0.29) is 5.56 Å². The van der Waals surface area contributed by atoms with E-state index in [9.17, 15) is 4.79 Å². The first-order chi connectivity index (χ1) is 8.74. The first-order valence-corrected chi connectivity index (χ1v) is 5.40. The Bertz CT molecular complexity index is 683. The fourth-order valence-electron chi connectivity index (χ4n) is 1.71. The number of hydrogen-bond donors (Lipinski definition) is 1. The zero-order chi connectivity index (χ0) is 12.5. The Morgan fingerprint density at radius 3 is 2.00 bits per heavy atom. The normalized spacial score (nSPS) is 10.7. The van der Waals surface area contributed by atoms with Crippen molar-refractivity contribution in [1.29, 1.82) is 0 Å². The molecule has 3 aromatic rings. The monoisotopic (exact) mass is 239 g/mol. The maximum Gasteiger partial charge on any atom is 0.335 e. The summed E-state index contributed by atoms with van der Waals surface area (Å²) >= 11 is 0. The molecule has 0 aliphatic rings. The number of carbonyl (C=O) groups is 1. The molecule has 0 bridgehead atoms. The molecule has 0 aliphatic carbocycles. The summed E-state index contributed by atoms with van der Waals surface area (Å²) in [5.74, 6) is -0.944. The fourth-order valence-corrected chi connectivity index (χ4v) is 1.71. The number of carboxylic acids is 1. The Balaban J connectivity index is 2.06. The smallest absolute Gasteiger partial charge is 0.335 e. The molecule has 0 aliphatic heterocycles. The van der Waals surface area contributed by atoms with Gasteiger partial charge in [0.15, 0.2) is 0 Å². The lowest BCUT2D eigenvalue weighted by Crippen LogP contribution is -2.00. The van der Waals surface area contributed by atoms with E-state index in [1.807, 2.05) is 24.3 Å². The summed E-state index contributed by atoms with van der Waals surface area (Å²) in [7, 11) is 0. The van der Waals surface area contributed by atoms with E-state index in [2.05, 4.69) is 10.2 Å². The van der Waals surface area contributed by atoms with Crippen LogP contribution in [0.25, 0.3) is 16.7 Å². The molecule has 0 saturated carbocycles. The first kappa shape index (κ1) is 10.5. The van der Waals surface area contributed by atoms with Crippen molar-refractivity contribution in [1.82, 2.24) is 15.0 Å². The minimum Gasteiger partial charge on any atom is -0.478 e. The third-order valence-corrected chi connectivity index (χ3v) is 2.63. The van der Waals surface area contributed by atoms with Crippen LogP contribution < -0.4 is 0 Å². The minimum atomic E-state index is -0.944. The predicted octanol–water partition coefficient (Wildman–Crippen LogP) is 2.12. The van der Waals surface area contributed by atoms with Crippen LogP contribution in [-0.4, -0.2) is 26.1 Å². The third-order valence-electron chi connectivity index (χ3n) is 2.63. The molecular formula is C13H9N3O2. The largest absolute Gasteiger partial charge is 0.478 e. The molecule has 1 heterocycles. The molecule has 5 heteroatoms. The van der Waals surface area contributed by atoms with E-state index in [4.69, 9.17) is 5.11 Å². The molecule has 5 nitrogen and oxygen atoms in total. The van der Waals surface area contributed by atoms with E-state index in [0.717, 1.165) is 16.7 Å². The van der Waals surface area contributed by atoms with E-state index >= 15 is 0 Å². The van der Waals surface area contributed by atoms with Crippen molar-refractivity contribution in [3.63, 3.8) is 0 Å². The molecule has 0 spiro atoms. The Morgan fingerprint density at radius 1 is 0.944 bits per heavy atom. The summed E-state index contributed by atoms with van der Waals surface area (Å²) in [5, 5.41) is 17.5. The Morgan fingerprint density at radius 2 is 1.50 bits per heavy atom. The molecule has 0 unspecified atom stereocenters. The molecule has 2 aromatic carbocycles. The van der Waals surface area contributed by atoms with Gasteiger partial charge in [0.1, 0.15) is 11.0 Å². The van der Waals surface area contributed by atoms with Crippen LogP contribution in [0.1, 0.15) is 10.4 Å². The molecule has 1 aromatic heterocycles. The van der Waals surface area contributed by atoms with Gasteiger partial charge in [0, 0.05) is 0 Å². The van der Waals surface area contributed by atoms with Crippen LogP contribution in [0.3, 0.4) is 0 Å². The third kappa shape index (κ3) is 1.71. The van der Waals surface area contributed by atoms with Gasteiger partial charge in [-0.2, -0.15) is 4.80 Å². The number of aromatic carboxylic acids is 1. The van der Waals surface area contributed by atoms with Gasteiger partial charge in [-0.15, -0.1) is 10.2 Å². The van der Waals surface area contributed by atoms with Crippen LogP contribution in [0.2, 0.25) is 0 Å². The molecule has 0 radical (unpaired) electrons. The van der Waals surface area contributed by atoms with Gasteiger partial charge in [0.25, 0.3) is 0 Å². The van der Waals surface area contributed by atoms with Crippen LogP contribution in [0, 0.1) is 0 Å². The standard InChI is InChI=1S/C13H9N3O2/c17-13(18)9-5-7-10(8-6-9)16-14-11-3-1-2-4-12(11)15-16/h1-8H,(H,17,18). The molecule has 0 fully saturated rings. The first-order valence-electron chi connectivity index (χ1n) is 5.40. The lowest BCUT2D eigenvalue weighted by molar-refractivity contribution is 0.0697. The average molecular weight is 239 g/mol. The van der Waals surface area contributed by atoms with Crippen LogP contribution in [0.15, 0.2) is 48.5 Å². The minimum absolute atomic E-state index is 0.246. The van der Waals surface area contributed by atoms with E-state index in [1.54, 1.807) is 12.1 Å². The maximum absolute atomic E-state index is 10.8. The Hall–Kier alpha value is -2.69. The van der Waals surface area contributed by atoms with Crippen LogP contribution >= 0.6 is 0 Å². The second-order valence-electron chi connectivity index (χ2n) is 3.83. The number of aromatic nitrogens is 3. The number of nitrogens with zero attached hydrogens (tertiary/aromatic N) is 3. The summed E-state index contributed by atoms with van der Waals surface area (Å²) in [4.78, 5) is 12.2. The second kappa shape index (κ2) is 3.96. The fraction of sp³-hybridized carbons (Fsp3) is 0. The number of hydrogen-bond acceptors (Lipinski definition) is 3. The van der Waals surface area contributed by atoms with E-state index < -0.39 is 5.97 Å². The highest BCUT2D eigenvalue weighted by Crippen LogP contribution is 2.12. The van der Waals surface area contributed by atoms with Gasteiger partial charge in [0.2, 0.25) is 0 Å². The lowest BCUT2D eigenvalue weighted by Gasteiger charge is -1.99. The summed E-state index contributed by atoms with van der Waals surface area (Å²) < 4.78 is 0. The van der Waals surface area contributed by atoms with Crippen molar-refractivity contribution >= 4 is 17.0 Å². The van der Waals surface area contributed by atoms with E-state index in [1.165, 1.54) is 16.9 Å². The summed E-state index contributed by atoms with van der Waals surface area (Å²) in [5.41, 5.74) is 2.59. The molecule has 0 amide bonds. The summed E-state index contributed by atoms with van der Waals surface area (Å²) in [6.07, 6.45) is 0. The number of rotatable bonds is 2. The van der Waals surface area contributed by atoms with Gasteiger partial charge in [0.05, 0.1) is 11.3 Å². The molecule has 0 saturated heterocycles. The van der Waals surface area contributed by atoms with Crippen LogP contribution in [0.5, 0.6) is 0 Å². The summed E-state index contributed by atoms with van der Waals surface area (Å²) in [6, 6.07) is 14.0. The van der Waals surface area contributed by atoms with Gasteiger partial charge in [-0.25, -0.2) is 4.79 Å². The van der Waals surface area contributed by atoms with Gasteiger partial charge >= 0.3 is 5.97 Å². The van der Waals surface area contributed by atoms with Crippen molar-refractivity contribution in [2.45, 2.75) is 0 Å². The Kier molecular flexibility index (Phi) is 2.30. The molecule has 88 valence electrons. The van der Waals surface area contributed by atoms with Gasteiger partial charge < -0.3 is 5.11 Å². The van der Waals surface area contributed by atoms with Crippen molar-refractivity contribution in [3.8, 4) is 5.69 Å². The van der Waals surface area contributed by atoms with Crippen LogP contribution in [0.4, 0.5) is 0 Å². The lowest BCUT2D eigenvalue weighted by atomic mass is 10.2. The quantitative estimate of drug-likeness (QED) is 0.743. The highest BCUT2D eigenvalue weighted by Gasteiger charge is 2.05. The van der Waals surface area contributed by atoms with Crippen molar-refractivity contribution < 1.29 is 9.90 Å². The van der Waals surface area contributed by atoms with Gasteiger partial charge in [-0.1, -0.05) is 12.1 Å². The average Bonchev–Trinajstić information content (AvgIpc) is 2.82. The maximum atomic E-state index is 10.8. The van der Waals surface area contributed by atoms with Crippen molar-refractivity contribution in [2.75, 3.05) is 0 Å². The highest BCUT2D eigenvalue weighted by molar-refractivity contribution is 5.87. The number of benzene rings is 2.